The van der Waals surface area contributed by atoms with Crippen LogP contribution in [-0.4, -0.2) is 39.0 Å². The van der Waals surface area contributed by atoms with Crippen LogP contribution in [0.25, 0.3) is 11.0 Å². The van der Waals surface area contributed by atoms with Crippen LogP contribution in [0.1, 0.15) is 44.8 Å². The minimum atomic E-state index is 0.0992. The molecule has 3 heterocycles. The Morgan fingerprint density at radius 2 is 1.74 bits per heavy atom. The molecule has 6 heteroatoms. The normalized spacial score (nSPS) is 17.4. The maximum absolute atomic E-state index is 13.8. The summed E-state index contributed by atoms with van der Waals surface area (Å²) in [5.41, 5.74) is 6.43. The Morgan fingerprint density at radius 3 is 2.51 bits per heavy atom. The highest BCUT2D eigenvalue weighted by Crippen LogP contribution is 2.28. The Hall–Kier alpha value is -3.90. The van der Waals surface area contributed by atoms with Gasteiger partial charge in [-0.1, -0.05) is 65.7 Å². The molecule has 1 saturated heterocycles. The number of nitrogens with zero attached hydrogens (tertiary/aromatic N) is 3. The minimum Gasteiger partial charge on any atom is -0.353 e. The Bertz CT molecular complexity index is 1550. The van der Waals surface area contributed by atoms with Crippen LogP contribution in [0.4, 0.5) is 5.95 Å². The summed E-state index contributed by atoms with van der Waals surface area (Å²) in [6, 6.07) is 29.6. The Kier molecular flexibility index (Phi) is 7.20. The highest BCUT2D eigenvalue weighted by atomic mass is 32.1. The molecule has 5 aromatic rings. The molecule has 0 saturated carbocycles. The summed E-state index contributed by atoms with van der Waals surface area (Å²) < 4.78 is 2.29. The second-order valence-corrected chi connectivity index (χ2v) is 11.7. The van der Waals surface area contributed by atoms with E-state index in [1.54, 1.807) is 11.3 Å². The van der Waals surface area contributed by atoms with Crippen LogP contribution in [0.15, 0.2) is 90.3 Å². The third-order valence-electron chi connectivity index (χ3n) is 7.64. The number of likely N-dealkylation sites (tertiary alicyclic amines) is 1. The highest BCUT2D eigenvalue weighted by Gasteiger charge is 2.33. The van der Waals surface area contributed by atoms with Crippen molar-refractivity contribution >= 4 is 34.2 Å². The molecule has 2 aromatic heterocycles. The van der Waals surface area contributed by atoms with Crippen molar-refractivity contribution in [2.24, 2.45) is 0 Å². The second-order valence-electron chi connectivity index (χ2n) is 10.7. The van der Waals surface area contributed by atoms with E-state index in [1.807, 2.05) is 24.3 Å². The van der Waals surface area contributed by atoms with Crippen LogP contribution >= 0.6 is 11.3 Å². The first-order valence-electron chi connectivity index (χ1n) is 13.7. The van der Waals surface area contributed by atoms with Gasteiger partial charge in [0.1, 0.15) is 0 Å². The van der Waals surface area contributed by atoms with E-state index in [2.05, 4.69) is 94.7 Å². The van der Waals surface area contributed by atoms with Crippen molar-refractivity contribution in [1.82, 2.24) is 14.5 Å². The number of benzene rings is 3. The number of carbonyl (C=O) groups excluding carboxylic acids is 1. The van der Waals surface area contributed by atoms with Crippen LogP contribution in [0.3, 0.4) is 0 Å². The molecule has 39 heavy (non-hydrogen) atoms. The number of nitrogens with one attached hydrogen (secondary N) is 1. The monoisotopic (exact) mass is 534 g/mol. The van der Waals surface area contributed by atoms with Crippen molar-refractivity contribution in [2.75, 3.05) is 11.9 Å². The van der Waals surface area contributed by atoms with Gasteiger partial charge in [0.25, 0.3) is 5.91 Å². The maximum Gasteiger partial charge on any atom is 0.254 e. The van der Waals surface area contributed by atoms with E-state index in [1.165, 1.54) is 10.4 Å². The molecule has 2 atom stereocenters. The molecule has 198 valence electrons. The number of hydrogen-bond donors (Lipinski definition) is 1. The zero-order valence-corrected chi connectivity index (χ0v) is 23.3. The molecule has 6 rings (SSSR count). The van der Waals surface area contributed by atoms with E-state index >= 15 is 0 Å². The lowest BCUT2D eigenvalue weighted by Gasteiger charge is -2.40. The predicted molar refractivity (Wildman–Crippen MR) is 161 cm³/mol. The lowest BCUT2D eigenvalue weighted by Crippen LogP contribution is -2.50. The number of thiophene rings is 1. The van der Waals surface area contributed by atoms with Crippen molar-refractivity contribution in [1.29, 1.82) is 0 Å². The van der Waals surface area contributed by atoms with Crippen molar-refractivity contribution in [2.45, 2.75) is 51.7 Å². The van der Waals surface area contributed by atoms with E-state index in [0.717, 1.165) is 59.5 Å². The molecule has 0 aliphatic carbocycles. The first-order chi connectivity index (χ1) is 19.0. The van der Waals surface area contributed by atoms with Gasteiger partial charge >= 0.3 is 0 Å². The highest BCUT2D eigenvalue weighted by molar-refractivity contribution is 7.09. The third-order valence-corrected chi connectivity index (χ3v) is 8.50. The zero-order valence-electron chi connectivity index (χ0n) is 22.5. The minimum absolute atomic E-state index is 0.0992. The fourth-order valence-corrected chi connectivity index (χ4v) is 6.57. The average Bonchev–Trinajstić information content (AvgIpc) is 3.57. The number of aryl methyl sites for hydroxylation is 2. The summed E-state index contributed by atoms with van der Waals surface area (Å²) in [5, 5.41) is 5.93. The summed E-state index contributed by atoms with van der Waals surface area (Å²) in [7, 11) is 0. The lowest BCUT2D eigenvalue weighted by molar-refractivity contribution is 0.0602. The van der Waals surface area contributed by atoms with Crippen molar-refractivity contribution in [3.8, 4) is 0 Å². The number of carbonyl (C=O) groups is 1. The quantitative estimate of drug-likeness (QED) is 0.242. The number of hydrogen-bond acceptors (Lipinski definition) is 4. The number of amides is 1. The van der Waals surface area contributed by atoms with Crippen LogP contribution in [0.5, 0.6) is 0 Å². The zero-order chi connectivity index (χ0) is 26.8. The molecule has 0 spiro atoms. The molecule has 5 nitrogen and oxygen atoms in total. The Morgan fingerprint density at radius 1 is 0.974 bits per heavy atom. The standard InChI is InChI=1S/C33H34N4OS/c1-23-17-24(2)19-26(18-23)32(38)36-15-14-27(21-28(36)20-25-9-4-3-5-10-25)34-33-35-30-12-6-7-13-31(30)37(33)22-29-11-8-16-39-29/h3-13,16-19,27-28H,14-15,20-22H2,1-2H3,(H,34,35). The largest absolute Gasteiger partial charge is 0.353 e. The average molecular weight is 535 g/mol. The number of piperidine rings is 1. The summed E-state index contributed by atoms with van der Waals surface area (Å²) in [6.45, 7) is 5.62. The van der Waals surface area contributed by atoms with Gasteiger partial charge in [-0.25, -0.2) is 4.98 Å². The molecular weight excluding hydrogens is 500 g/mol. The van der Waals surface area contributed by atoms with Gasteiger partial charge in [-0.15, -0.1) is 11.3 Å². The topological polar surface area (TPSA) is 50.2 Å². The number of imidazole rings is 1. The molecule has 1 amide bonds. The van der Waals surface area contributed by atoms with E-state index in [-0.39, 0.29) is 18.0 Å². The number of aromatic nitrogens is 2. The number of rotatable bonds is 7. The van der Waals surface area contributed by atoms with Gasteiger partial charge in [0, 0.05) is 29.1 Å². The smallest absolute Gasteiger partial charge is 0.254 e. The number of anilines is 1. The van der Waals surface area contributed by atoms with Gasteiger partial charge in [0.15, 0.2) is 0 Å². The maximum atomic E-state index is 13.8. The SMILES string of the molecule is Cc1cc(C)cc(C(=O)N2CCC(Nc3nc4ccccc4n3Cc3cccs3)CC2Cc2ccccc2)c1. The van der Waals surface area contributed by atoms with Crippen LogP contribution in [0.2, 0.25) is 0 Å². The first-order valence-corrected chi connectivity index (χ1v) is 14.6. The van der Waals surface area contributed by atoms with E-state index in [9.17, 15) is 4.79 Å². The van der Waals surface area contributed by atoms with Gasteiger partial charge in [-0.3, -0.25) is 4.79 Å². The van der Waals surface area contributed by atoms with Crippen molar-refractivity contribution < 1.29 is 4.79 Å². The molecule has 1 aliphatic heterocycles. The number of fused-ring (bicyclic) bond motifs is 1. The van der Waals surface area contributed by atoms with Gasteiger partial charge in [0.05, 0.1) is 17.6 Å². The lowest BCUT2D eigenvalue weighted by atomic mass is 9.91. The summed E-state index contributed by atoms with van der Waals surface area (Å²) in [5.74, 6) is 1.04. The van der Waals surface area contributed by atoms with Gasteiger partial charge in [-0.05, 0) is 74.4 Å². The molecule has 3 aromatic carbocycles. The fourth-order valence-electron chi connectivity index (χ4n) is 5.88. The molecule has 0 bridgehead atoms. The molecule has 1 aliphatic rings. The predicted octanol–water partition coefficient (Wildman–Crippen LogP) is 7.09. The molecule has 1 fully saturated rings. The number of para-hydroxylation sites is 2. The Balaban J connectivity index is 1.27. The first kappa shape index (κ1) is 25.4. The van der Waals surface area contributed by atoms with Crippen molar-refractivity contribution in [3.63, 3.8) is 0 Å². The fraction of sp³-hybridized carbons (Fsp3) is 0.273. The van der Waals surface area contributed by atoms with E-state index in [4.69, 9.17) is 4.98 Å². The van der Waals surface area contributed by atoms with Gasteiger partial charge in [0.2, 0.25) is 5.95 Å². The van der Waals surface area contributed by atoms with E-state index in [0.29, 0.717) is 6.54 Å². The second kappa shape index (κ2) is 11.1. The van der Waals surface area contributed by atoms with E-state index < -0.39 is 0 Å². The van der Waals surface area contributed by atoms with Crippen LogP contribution < -0.4 is 5.32 Å². The van der Waals surface area contributed by atoms with Gasteiger partial charge < -0.3 is 14.8 Å². The van der Waals surface area contributed by atoms with Gasteiger partial charge in [-0.2, -0.15) is 0 Å². The molecular formula is C33H34N4OS. The molecule has 1 N–H and O–H groups in total. The molecule has 0 radical (unpaired) electrons. The summed E-state index contributed by atoms with van der Waals surface area (Å²) >= 11 is 1.77. The van der Waals surface area contributed by atoms with Crippen LogP contribution in [-0.2, 0) is 13.0 Å². The summed E-state index contributed by atoms with van der Waals surface area (Å²) in [4.78, 5) is 22.2. The Labute approximate surface area is 234 Å². The molecule has 2 unspecified atom stereocenters. The third kappa shape index (κ3) is 5.62. The summed E-state index contributed by atoms with van der Waals surface area (Å²) in [6.07, 6.45) is 2.58. The van der Waals surface area contributed by atoms with Crippen LogP contribution in [0, 0.1) is 13.8 Å². The van der Waals surface area contributed by atoms with Crippen molar-refractivity contribution in [3.05, 3.63) is 117 Å².